The van der Waals surface area contributed by atoms with Crippen LogP contribution in [0.15, 0.2) is 36.4 Å². The minimum atomic E-state index is -0.527. The molecule has 1 saturated carbocycles. The van der Waals surface area contributed by atoms with E-state index >= 15 is 0 Å². The van der Waals surface area contributed by atoms with E-state index in [1.54, 1.807) is 6.07 Å². The molecule has 36 heavy (non-hydrogen) atoms. The van der Waals surface area contributed by atoms with Crippen LogP contribution in [0.2, 0.25) is 5.02 Å². The first-order valence-corrected chi connectivity index (χ1v) is 12.9. The van der Waals surface area contributed by atoms with E-state index in [2.05, 4.69) is 10.3 Å². The Bertz CT molecular complexity index is 1380. The third kappa shape index (κ3) is 4.25. The van der Waals surface area contributed by atoms with Gasteiger partial charge in [-0.05, 0) is 55.0 Å². The molecule has 0 spiro atoms. The van der Waals surface area contributed by atoms with Crippen LogP contribution in [0.1, 0.15) is 37.8 Å². The molecule has 3 atom stereocenters. The molecule has 7 nitrogen and oxygen atoms in total. The highest BCUT2D eigenvalue weighted by Gasteiger charge is 2.54. The fourth-order valence-corrected chi connectivity index (χ4v) is 6.34. The van der Waals surface area contributed by atoms with Gasteiger partial charge in [0.15, 0.2) is 6.79 Å². The van der Waals surface area contributed by atoms with E-state index < -0.39 is 11.7 Å². The summed E-state index contributed by atoms with van der Waals surface area (Å²) in [5, 5.41) is 4.30. The molecule has 10 heteroatoms. The molecule has 2 amide bonds. The predicted molar refractivity (Wildman–Crippen MR) is 133 cm³/mol. The van der Waals surface area contributed by atoms with Gasteiger partial charge in [0.2, 0.25) is 0 Å². The van der Waals surface area contributed by atoms with Crippen molar-refractivity contribution < 1.29 is 23.5 Å². The molecule has 0 unspecified atom stereocenters. The van der Waals surface area contributed by atoms with Crippen molar-refractivity contribution in [3.63, 3.8) is 0 Å². The molecule has 1 aliphatic carbocycles. The number of hydrogen-bond donors (Lipinski definition) is 1. The smallest absolute Gasteiger partial charge is 0.274 e. The molecule has 1 aromatic heterocycles. The number of amides is 2. The van der Waals surface area contributed by atoms with Crippen LogP contribution in [0, 0.1) is 24.6 Å². The molecule has 2 aromatic carbocycles. The van der Waals surface area contributed by atoms with Crippen molar-refractivity contribution in [2.24, 2.45) is 11.8 Å². The lowest BCUT2D eigenvalue weighted by Gasteiger charge is -2.28. The molecular weight excluding hydrogens is 505 g/mol. The zero-order valence-corrected chi connectivity index (χ0v) is 21.0. The molecule has 1 N–H and O–H groups in total. The van der Waals surface area contributed by atoms with Crippen molar-refractivity contribution in [1.29, 1.82) is 0 Å². The van der Waals surface area contributed by atoms with Crippen LogP contribution < -0.4 is 10.1 Å². The Balaban J connectivity index is 1.22. The second kappa shape index (κ2) is 9.14. The van der Waals surface area contributed by atoms with Gasteiger partial charge >= 0.3 is 0 Å². The van der Waals surface area contributed by atoms with Gasteiger partial charge in [0.1, 0.15) is 17.3 Å². The zero-order chi connectivity index (χ0) is 25.0. The van der Waals surface area contributed by atoms with Crippen LogP contribution in [0.4, 0.5) is 4.39 Å². The lowest BCUT2D eigenvalue weighted by atomic mass is 10.1. The van der Waals surface area contributed by atoms with E-state index in [4.69, 9.17) is 21.1 Å². The number of ether oxygens (including phenoxy) is 2. The number of fused-ring (bicyclic) bond motifs is 2. The maximum atomic E-state index is 14.1. The van der Waals surface area contributed by atoms with E-state index in [1.807, 2.05) is 30.0 Å². The van der Waals surface area contributed by atoms with Crippen molar-refractivity contribution in [1.82, 2.24) is 15.2 Å². The highest BCUT2D eigenvalue weighted by molar-refractivity contribution is 7.15. The number of likely N-dealkylation sites (tertiary alicyclic amines) is 1. The topological polar surface area (TPSA) is 80.8 Å². The van der Waals surface area contributed by atoms with Gasteiger partial charge in [0, 0.05) is 23.7 Å². The van der Waals surface area contributed by atoms with Crippen LogP contribution >= 0.6 is 22.9 Å². The van der Waals surface area contributed by atoms with Crippen molar-refractivity contribution in [2.45, 2.75) is 26.0 Å². The number of carbonyl (C=O) groups excluding carboxylic acids is 2. The number of piperidine rings is 1. The standard InChI is InChI=1S/C26H23ClFN3O4S/c1-13-30-22(24(36-13)14-3-2-4-17(27)5-14)26(33)31-10-15-7-19(15)21(31)9-29-25(32)20-8-18(28)6-16-11-34-12-35-23(16)20/h2-6,8,15,19,21H,7,9-12H2,1H3,(H,29,32)/t15-,19-,21-/m1/s1. The summed E-state index contributed by atoms with van der Waals surface area (Å²) in [6, 6.07) is 9.72. The Morgan fingerprint density at radius 1 is 1.31 bits per heavy atom. The maximum absolute atomic E-state index is 14.1. The molecule has 0 bridgehead atoms. The highest BCUT2D eigenvalue weighted by Crippen LogP contribution is 2.50. The second-order valence-electron chi connectivity index (χ2n) is 9.37. The average Bonchev–Trinajstić information content (AvgIpc) is 3.38. The molecule has 3 heterocycles. The number of nitrogens with zero attached hydrogens (tertiary/aromatic N) is 2. The first-order chi connectivity index (χ1) is 17.4. The Morgan fingerprint density at radius 3 is 3.00 bits per heavy atom. The summed E-state index contributed by atoms with van der Waals surface area (Å²) in [4.78, 5) is 33.9. The Morgan fingerprint density at radius 2 is 2.17 bits per heavy atom. The Labute approximate surface area is 216 Å². The van der Waals surface area contributed by atoms with Crippen LogP contribution in [-0.2, 0) is 11.3 Å². The maximum Gasteiger partial charge on any atom is 0.274 e. The highest BCUT2D eigenvalue weighted by atomic mass is 35.5. The van der Waals surface area contributed by atoms with E-state index in [1.165, 1.54) is 23.5 Å². The first kappa shape index (κ1) is 23.4. The van der Waals surface area contributed by atoms with Crippen molar-refractivity contribution in [3.8, 4) is 16.2 Å². The number of thiazole rings is 1. The number of halogens is 2. The fourth-order valence-electron chi connectivity index (χ4n) is 5.24. The van der Waals surface area contributed by atoms with E-state index in [0.717, 1.165) is 21.9 Å². The summed E-state index contributed by atoms with van der Waals surface area (Å²) in [7, 11) is 0. The van der Waals surface area contributed by atoms with Gasteiger partial charge in [-0.1, -0.05) is 23.7 Å². The van der Waals surface area contributed by atoms with Gasteiger partial charge in [-0.2, -0.15) is 0 Å². The lowest BCUT2D eigenvalue weighted by Crippen LogP contribution is -2.46. The molecule has 1 saturated heterocycles. The predicted octanol–water partition coefficient (Wildman–Crippen LogP) is 4.67. The summed E-state index contributed by atoms with van der Waals surface area (Å²) >= 11 is 7.65. The fraction of sp³-hybridized carbons (Fsp3) is 0.346. The SMILES string of the molecule is Cc1nc(C(=O)N2C[C@H]3C[C@H]3[C@H]2CNC(=O)c2cc(F)cc3c2OCOC3)c(-c2cccc(Cl)c2)s1. The first-order valence-electron chi connectivity index (χ1n) is 11.7. The van der Waals surface area contributed by atoms with Gasteiger partial charge in [-0.15, -0.1) is 11.3 Å². The number of aryl methyl sites for hydroxylation is 1. The van der Waals surface area contributed by atoms with Crippen molar-refractivity contribution in [3.05, 3.63) is 69.1 Å². The lowest BCUT2D eigenvalue weighted by molar-refractivity contribution is -0.0170. The van der Waals surface area contributed by atoms with E-state index in [-0.39, 0.29) is 37.5 Å². The summed E-state index contributed by atoms with van der Waals surface area (Å²) in [6.07, 6.45) is 1.03. The monoisotopic (exact) mass is 527 g/mol. The number of hydrogen-bond acceptors (Lipinski definition) is 6. The van der Waals surface area contributed by atoms with Crippen molar-refractivity contribution in [2.75, 3.05) is 19.9 Å². The van der Waals surface area contributed by atoms with E-state index in [9.17, 15) is 14.0 Å². The third-order valence-corrected chi connectivity index (χ3v) is 8.23. The van der Waals surface area contributed by atoms with Crippen molar-refractivity contribution >= 4 is 34.8 Å². The molecule has 2 fully saturated rings. The molecule has 186 valence electrons. The summed E-state index contributed by atoms with van der Waals surface area (Å²) in [5.41, 5.74) is 1.89. The Kier molecular flexibility index (Phi) is 5.94. The van der Waals surface area contributed by atoms with Gasteiger partial charge in [0.05, 0.1) is 28.1 Å². The molecule has 6 rings (SSSR count). The van der Waals surface area contributed by atoms with Crippen LogP contribution in [0.3, 0.4) is 0 Å². The zero-order valence-electron chi connectivity index (χ0n) is 19.4. The van der Waals surface area contributed by atoms with Crippen LogP contribution in [-0.4, -0.2) is 47.6 Å². The number of aromatic nitrogens is 1. The van der Waals surface area contributed by atoms with Crippen LogP contribution in [0.25, 0.3) is 10.4 Å². The molecule has 2 aliphatic heterocycles. The van der Waals surface area contributed by atoms with Gasteiger partial charge in [-0.25, -0.2) is 9.37 Å². The van der Waals surface area contributed by atoms with Gasteiger partial charge in [-0.3, -0.25) is 9.59 Å². The molecule has 3 aromatic rings. The summed E-state index contributed by atoms with van der Waals surface area (Å²) in [6.45, 7) is 2.97. The molecule has 3 aliphatic rings. The van der Waals surface area contributed by atoms with E-state index in [0.29, 0.717) is 40.4 Å². The number of nitrogens with one attached hydrogen (secondary N) is 1. The second-order valence-corrected chi connectivity index (χ2v) is 11.0. The average molecular weight is 528 g/mol. The largest absolute Gasteiger partial charge is 0.466 e. The molecule has 0 radical (unpaired) electrons. The molecular formula is C26H23ClFN3O4S. The van der Waals surface area contributed by atoms with Gasteiger partial charge in [0.25, 0.3) is 11.8 Å². The number of benzene rings is 2. The summed E-state index contributed by atoms with van der Waals surface area (Å²) in [5.74, 6) is -0.0201. The minimum absolute atomic E-state index is 0.00951. The Hall–Kier alpha value is -3.01. The summed E-state index contributed by atoms with van der Waals surface area (Å²) < 4.78 is 24.8. The normalized spacial score (nSPS) is 22.0. The quantitative estimate of drug-likeness (QED) is 0.521. The minimum Gasteiger partial charge on any atom is -0.466 e. The number of carbonyl (C=O) groups is 2. The third-order valence-electron chi connectivity index (χ3n) is 6.98. The van der Waals surface area contributed by atoms with Crippen LogP contribution in [0.5, 0.6) is 5.75 Å². The van der Waals surface area contributed by atoms with Gasteiger partial charge < -0.3 is 19.7 Å². The number of rotatable bonds is 5.